The average molecular weight is 481 g/mol. The van der Waals surface area contributed by atoms with Crippen molar-refractivity contribution in [3.8, 4) is 16.9 Å². The Balaban J connectivity index is 1.97. The van der Waals surface area contributed by atoms with Gasteiger partial charge >= 0.3 is 5.97 Å². The topological polar surface area (TPSA) is 87.2 Å². The second-order valence-corrected chi connectivity index (χ2v) is 10.8. The van der Waals surface area contributed by atoms with Crippen molar-refractivity contribution in [1.82, 2.24) is 4.31 Å². The van der Waals surface area contributed by atoms with Gasteiger partial charge in [0.1, 0.15) is 17.3 Å². The van der Waals surface area contributed by atoms with E-state index in [-0.39, 0.29) is 40.3 Å². The quantitative estimate of drug-likeness (QED) is 0.681. The molecule has 2 aromatic carbocycles. The van der Waals surface area contributed by atoms with Crippen molar-refractivity contribution >= 4 is 21.7 Å². The maximum absolute atomic E-state index is 14.6. The molecule has 0 fully saturated rings. The lowest BCUT2D eigenvalue weighted by atomic mass is 9.93. The molecule has 0 saturated heterocycles. The number of nitrogens with zero attached hydrogens (tertiary/aromatic N) is 2. The Labute approximate surface area is 191 Å². The molecule has 1 atom stereocenters. The lowest BCUT2D eigenvalue weighted by Crippen LogP contribution is -2.54. The van der Waals surface area contributed by atoms with Gasteiger partial charge < -0.3 is 14.7 Å². The van der Waals surface area contributed by atoms with Gasteiger partial charge in [-0.05, 0) is 36.5 Å². The normalized spacial score (nSPS) is 19.0. The van der Waals surface area contributed by atoms with Crippen LogP contribution in [0, 0.1) is 17.6 Å². The van der Waals surface area contributed by atoms with Crippen LogP contribution in [0.15, 0.2) is 23.1 Å². The highest BCUT2D eigenvalue weighted by molar-refractivity contribution is 7.89. The summed E-state index contributed by atoms with van der Waals surface area (Å²) in [6.07, 6.45) is 1.04. The number of anilines is 1. The van der Waals surface area contributed by atoms with Crippen molar-refractivity contribution in [2.75, 3.05) is 18.5 Å². The van der Waals surface area contributed by atoms with Gasteiger partial charge in [0.15, 0.2) is 11.6 Å². The molecule has 4 rings (SSSR count). The van der Waals surface area contributed by atoms with E-state index in [1.54, 1.807) is 6.07 Å². The molecule has 0 unspecified atom stereocenters. The number of benzene rings is 2. The minimum Gasteiger partial charge on any atom is -0.488 e. The monoisotopic (exact) mass is 480 g/mol. The molecule has 178 valence electrons. The lowest BCUT2D eigenvalue weighted by Gasteiger charge is -2.44. The van der Waals surface area contributed by atoms with E-state index in [9.17, 15) is 27.1 Å². The zero-order valence-electron chi connectivity index (χ0n) is 18.9. The molecule has 2 aliphatic heterocycles. The molecule has 2 aliphatic rings. The summed E-state index contributed by atoms with van der Waals surface area (Å²) in [7, 11) is -2.36. The lowest BCUT2D eigenvalue weighted by molar-refractivity contribution is 0.0690. The number of carbonyl (C=O) groups is 1. The number of aromatic carboxylic acids is 1. The molecule has 2 aromatic rings. The number of hydrogen-bond acceptors (Lipinski definition) is 5. The number of ether oxygens (including phenoxy) is 1. The number of hydrogen-bond donors (Lipinski definition) is 1. The van der Waals surface area contributed by atoms with Gasteiger partial charge in [0.2, 0.25) is 10.0 Å². The summed E-state index contributed by atoms with van der Waals surface area (Å²) in [4.78, 5) is 13.5. The van der Waals surface area contributed by atoms with Crippen molar-refractivity contribution in [1.29, 1.82) is 0 Å². The molecule has 0 aliphatic carbocycles. The molecule has 0 spiro atoms. The van der Waals surface area contributed by atoms with Gasteiger partial charge in [-0.25, -0.2) is 22.0 Å². The van der Waals surface area contributed by atoms with E-state index in [1.807, 2.05) is 25.7 Å². The first-order valence-corrected chi connectivity index (χ1v) is 12.2. The summed E-state index contributed by atoms with van der Waals surface area (Å²) in [6, 6.07) is 4.03. The van der Waals surface area contributed by atoms with Crippen LogP contribution in [-0.4, -0.2) is 43.6 Å². The largest absolute Gasteiger partial charge is 0.488 e. The van der Waals surface area contributed by atoms with Crippen LogP contribution >= 0.6 is 0 Å². The Morgan fingerprint density at radius 3 is 2.52 bits per heavy atom. The van der Waals surface area contributed by atoms with Crippen LogP contribution in [0.3, 0.4) is 0 Å². The predicted molar refractivity (Wildman–Crippen MR) is 119 cm³/mol. The third-order valence-corrected chi connectivity index (χ3v) is 8.04. The van der Waals surface area contributed by atoms with E-state index in [0.717, 1.165) is 12.5 Å². The number of carboxylic acids is 1. The third-order valence-electron chi connectivity index (χ3n) is 6.15. The van der Waals surface area contributed by atoms with Crippen LogP contribution in [0.5, 0.6) is 5.75 Å². The summed E-state index contributed by atoms with van der Waals surface area (Å²) in [6.45, 7) is 6.38. The number of rotatable bonds is 5. The number of halogens is 2. The van der Waals surface area contributed by atoms with Crippen LogP contribution < -0.4 is 9.64 Å². The van der Waals surface area contributed by atoms with Crippen molar-refractivity contribution < 1.29 is 31.8 Å². The maximum atomic E-state index is 14.6. The summed E-state index contributed by atoms with van der Waals surface area (Å²) in [5.74, 6) is -3.84. The molecular weight excluding hydrogens is 454 g/mol. The molecule has 0 radical (unpaired) electrons. The van der Waals surface area contributed by atoms with Crippen LogP contribution in [0.25, 0.3) is 11.1 Å². The molecule has 0 amide bonds. The van der Waals surface area contributed by atoms with E-state index in [0.29, 0.717) is 24.4 Å². The first-order chi connectivity index (χ1) is 15.5. The molecule has 33 heavy (non-hydrogen) atoms. The van der Waals surface area contributed by atoms with E-state index in [1.165, 1.54) is 17.4 Å². The number of fused-ring (bicyclic) bond motifs is 4. The summed E-state index contributed by atoms with van der Waals surface area (Å²) < 4.78 is 62.8. The van der Waals surface area contributed by atoms with Crippen LogP contribution in [0.2, 0.25) is 0 Å². The highest BCUT2D eigenvalue weighted by Crippen LogP contribution is 2.47. The van der Waals surface area contributed by atoms with Gasteiger partial charge in [-0.2, -0.15) is 4.31 Å². The summed E-state index contributed by atoms with van der Waals surface area (Å²) in [5, 5.41) is 9.30. The first kappa shape index (κ1) is 23.4. The Bertz CT molecular complexity index is 1250. The van der Waals surface area contributed by atoms with Gasteiger partial charge in [-0.15, -0.1) is 0 Å². The molecule has 0 aromatic heterocycles. The summed E-state index contributed by atoms with van der Waals surface area (Å²) >= 11 is 0. The maximum Gasteiger partial charge on any atom is 0.338 e. The zero-order chi connectivity index (χ0) is 24.2. The highest BCUT2D eigenvalue weighted by atomic mass is 32.2. The van der Waals surface area contributed by atoms with E-state index in [2.05, 4.69) is 0 Å². The predicted octanol–water partition coefficient (Wildman–Crippen LogP) is 4.45. The molecule has 1 N–H and O–H groups in total. The smallest absolute Gasteiger partial charge is 0.338 e. The fourth-order valence-corrected chi connectivity index (χ4v) is 6.08. The third kappa shape index (κ3) is 3.65. The van der Waals surface area contributed by atoms with Crippen molar-refractivity contribution in [2.24, 2.45) is 5.92 Å². The standard InChI is InChI=1S/C23H26F2N2O5S/c1-5-6-27-17-10-18-14(9-19(17)33(30,31)26(4)20(27)7-12(2)3)13-8-15(23(28)29)21(24)22(25)16(13)11-32-18/h8-10,12,20H,5-7,11H2,1-4H3,(H,28,29)/t20-/m0/s1. The van der Waals surface area contributed by atoms with E-state index >= 15 is 0 Å². The van der Waals surface area contributed by atoms with Gasteiger partial charge in [0.05, 0.1) is 17.4 Å². The van der Waals surface area contributed by atoms with Gasteiger partial charge in [0.25, 0.3) is 0 Å². The Hall–Kier alpha value is -2.72. The minimum absolute atomic E-state index is 0.0234. The zero-order valence-corrected chi connectivity index (χ0v) is 19.7. The molecule has 10 heteroatoms. The van der Waals surface area contributed by atoms with Crippen LogP contribution in [0.4, 0.5) is 14.5 Å². The minimum atomic E-state index is -3.90. The SMILES string of the molecule is CCCN1c2cc3c(cc2S(=O)(=O)N(C)[C@@H]1CC(C)C)-c1cc(C(=O)O)c(F)c(F)c1CO3. The molecule has 7 nitrogen and oxygen atoms in total. The highest BCUT2D eigenvalue weighted by Gasteiger charge is 2.42. The van der Waals surface area contributed by atoms with Crippen LogP contribution in [-0.2, 0) is 16.6 Å². The average Bonchev–Trinajstić information content (AvgIpc) is 2.75. The molecule has 0 bridgehead atoms. The fraction of sp³-hybridized carbons (Fsp3) is 0.435. The summed E-state index contributed by atoms with van der Waals surface area (Å²) in [5.41, 5.74) is -0.147. The Morgan fingerprint density at radius 2 is 1.91 bits per heavy atom. The first-order valence-electron chi connectivity index (χ1n) is 10.8. The van der Waals surface area contributed by atoms with Gasteiger partial charge in [-0.3, -0.25) is 0 Å². The van der Waals surface area contributed by atoms with Crippen LogP contribution in [0.1, 0.15) is 49.5 Å². The van der Waals surface area contributed by atoms with E-state index in [4.69, 9.17) is 4.74 Å². The molecule has 0 saturated carbocycles. The second kappa shape index (κ2) is 8.25. The fourth-order valence-electron chi connectivity index (χ4n) is 4.54. The van der Waals surface area contributed by atoms with E-state index < -0.39 is 33.2 Å². The van der Waals surface area contributed by atoms with Crippen molar-refractivity contribution in [2.45, 2.75) is 51.3 Å². The molecule has 2 heterocycles. The molecular formula is C23H26F2N2O5S. The number of carboxylic acid groups (broad SMARTS) is 1. The Kier molecular flexibility index (Phi) is 5.86. The number of sulfonamides is 1. The van der Waals surface area contributed by atoms with Gasteiger partial charge in [-0.1, -0.05) is 20.8 Å². The van der Waals surface area contributed by atoms with Gasteiger partial charge in [0, 0.05) is 30.8 Å². The Morgan fingerprint density at radius 1 is 1.21 bits per heavy atom. The van der Waals surface area contributed by atoms with Crippen molar-refractivity contribution in [3.63, 3.8) is 0 Å². The second-order valence-electron chi connectivity index (χ2n) is 8.81. The van der Waals surface area contributed by atoms with Crippen molar-refractivity contribution in [3.05, 3.63) is 41.0 Å².